The molecule has 14 heteroatoms. The van der Waals surface area contributed by atoms with Crippen LogP contribution >= 0.6 is 0 Å². The minimum Gasteiger partial charge on any atom is -0.481 e. The number of aliphatic carboxylic acids is 1. The Morgan fingerprint density at radius 3 is 2.57 bits per heavy atom. The Hall–Kier alpha value is -3.68. The molecule has 1 rings (SSSR count). The minimum absolute atomic E-state index is 0.0104. The van der Waals surface area contributed by atoms with Crippen molar-refractivity contribution in [3.8, 4) is 0 Å². The van der Waals surface area contributed by atoms with Crippen LogP contribution < -0.4 is 16.2 Å². The normalized spacial score (nSPS) is 13.2. The molecule has 0 radical (unpaired) electrons. The van der Waals surface area contributed by atoms with Crippen LogP contribution in [-0.4, -0.2) is 93.2 Å². The standard InChI is InChI=1S/C23H36FN7O6/c1-4-18(31-11-9-26-21(23(31)36)27-13-17(29-37)15(2)25)22(35)28-16(12-20(33)34)19(32)14-30(3)10-7-5-6-8-24/h9,11,16,18,25,37H,4-8,10,12-14H2,1-3H3,(H,26,27)(H,28,35)(H,33,34)/b25-15?,29-17-. The molecule has 0 saturated heterocycles. The van der Waals surface area contributed by atoms with Crippen LogP contribution in [-0.2, 0) is 14.4 Å². The van der Waals surface area contributed by atoms with Gasteiger partial charge in [-0.15, -0.1) is 0 Å². The highest BCUT2D eigenvalue weighted by Gasteiger charge is 2.29. The highest BCUT2D eigenvalue weighted by molar-refractivity contribution is 6.41. The zero-order chi connectivity index (χ0) is 28.0. The van der Waals surface area contributed by atoms with Crippen LogP contribution in [0.3, 0.4) is 0 Å². The number of unbranched alkanes of at least 4 members (excludes halogenated alkanes) is 2. The number of carboxylic acid groups (broad SMARTS) is 1. The van der Waals surface area contributed by atoms with Crippen molar-refractivity contribution in [1.29, 1.82) is 5.41 Å². The predicted molar refractivity (Wildman–Crippen MR) is 135 cm³/mol. The Morgan fingerprint density at radius 2 is 2.00 bits per heavy atom. The number of ketones is 1. The number of nitrogens with zero attached hydrogens (tertiary/aromatic N) is 4. The number of aromatic nitrogens is 2. The summed E-state index contributed by atoms with van der Waals surface area (Å²) in [5.74, 6) is -2.63. The van der Waals surface area contributed by atoms with E-state index in [0.717, 1.165) is 4.57 Å². The van der Waals surface area contributed by atoms with E-state index in [4.69, 9.17) is 10.6 Å². The number of Topliss-reactive ketones (excluding diaryl/α,β-unsaturated/α-hetero) is 1. The molecule has 0 aliphatic rings. The fourth-order valence-corrected chi connectivity index (χ4v) is 3.51. The number of hydrogen-bond acceptors (Lipinski definition) is 10. The molecule has 0 bridgehead atoms. The summed E-state index contributed by atoms with van der Waals surface area (Å²) < 4.78 is 13.3. The van der Waals surface area contributed by atoms with Gasteiger partial charge in [-0.3, -0.25) is 33.0 Å². The summed E-state index contributed by atoms with van der Waals surface area (Å²) >= 11 is 0. The van der Waals surface area contributed by atoms with Crippen LogP contribution in [0, 0.1) is 5.41 Å². The van der Waals surface area contributed by atoms with Crippen molar-refractivity contribution in [3.63, 3.8) is 0 Å². The monoisotopic (exact) mass is 525 g/mol. The van der Waals surface area contributed by atoms with Gasteiger partial charge in [0.05, 0.1) is 37.9 Å². The number of anilines is 1. The number of amides is 1. The van der Waals surface area contributed by atoms with E-state index >= 15 is 0 Å². The molecular weight excluding hydrogens is 489 g/mol. The fraction of sp³-hybridized carbons (Fsp3) is 0.609. The van der Waals surface area contributed by atoms with Gasteiger partial charge >= 0.3 is 5.97 Å². The van der Waals surface area contributed by atoms with E-state index in [2.05, 4.69) is 20.8 Å². The molecule has 2 unspecified atom stereocenters. The van der Waals surface area contributed by atoms with Crippen molar-refractivity contribution in [3.05, 3.63) is 22.7 Å². The van der Waals surface area contributed by atoms with Crippen molar-refractivity contribution in [2.75, 3.05) is 38.7 Å². The summed E-state index contributed by atoms with van der Waals surface area (Å²) in [5, 5.41) is 33.9. The SMILES string of the molecule is CCC(C(=O)NC(CC(=O)O)C(=O)CN(C)CCCCCF)n1ccnc(NC/C(=N/O)C(C)=N)c1=O. The number of hydrogen-bond donors (Lipinski definition) is 5. The summed E-state index contributed by atoms with van der Waals surface area (Å²) in [5.41, 5.74) is -0.695. The number of oxime groups is 1. The van der Waals surface area contributed by atoms with Crippen LogP contribution in [0.5, 0.6) is 0 Å². The average Bonchev–Trinajstić information content (AvgIpc) is 2.83. The van der Waals surface area contributed by atoms with Crippen molar-refractivity contribution in [2.24, 2.45) is 5.16 Å². The Labute approximate surface area is 214 Å². The molecular formula is C23H36FN7O6. The van der Waals surface area contributed by atoms with Gasteiger partial charge in [0.1, 0.15) is 11.8 Å². The van der Waals surface area contributed by atoms with E-state index in [-0.39, 0.29) is 36.8 Å². The van der Waals surface area contributed by atoms with Gasteiger partial charge in [-0.05, 0) is 46.2 Å². The van der Waals surface area contributed by atoms with Gasteiger partial charge in [0.15, 0.2) is 11.6 Å². The van der Waals surface area contributed by atoms with E-state index in [1.165, 1.54) is 19.3 Å². The summed E-state index contributed by atoms with van der Waals surface area (Å²) in [6, 6.07) is -2.37. The second-order valence-electron chi connectivity index (χ2n) is 8.55. The average molecular weight is 526 g/mol. The van der Waals surface area contributed by atoms with Gasteiger partial charge in [0.2, 0.25) is 5.91 Å². The van der Waals surface area contributed by atoms with Gasteiger partial charge < -0.3 is 26.4 Å². The number of halogens is 1. The minimum atomic E-state index is -1.30. The molecule has 0 fully saturated rings. The van der Waals surface area contributed by atoms with Crippen molar-refractivity contribution in [1.82, 2.24) is 19.8 Å². The third-order valence-electron chi connectivity index (χ3n) is 5.55. The lowest BCUT2D eigenvalue weighted by atomic mass is 10.1. The van der Waals surface area contributed by atoms with E-state index in [1.54, 1.807) is 18.9 Å². The zero-order valence-corrected chi connectivity index (χ0v) is 21.4. The maximum absolute atomic E-state index is 13.1. The first-order chi connectivity index (χ1) is 17.5. The molecule has 2 atom stereocenters. The first-order valence-electron chi connectivity index (χ1n) is 11.9. The Kier molecular flexibility index (Phi) is 13.7. The Bertz CT molecular complexity index is 1030. The number of carbonyl (C=O) groups excluding carboxylic acids is 2. The van der Waals surface area contributed by atoms with Crippen LogP contribution in [0.25, 0.3) is 0 Å². The molecule has 0 aromatic carbocycles. The molecule has 37 heavy (non-hydrogen) atoms. The fourth-order valence-electron chi connectivity index (χ4n) is 3.51. The van der Waals surface area contributed by atoms with E-state index in [9.17, 15) is 28.7 Å². The number of rotatable bonds is 18. The quantitative estimate of drug-likeness (QED) is 0.0807. The van der Waals surface area contributed by atoms with Crippen LogP contribution in [0.2, 0.25) is 0 Å². The largest absolute Gasteiger partial charge is 0.481 e. The number of carboxylic acids is 1. The number of nitrogens with one attached hydrogen (secondary N) is 3. The smallest absolute Gasteiger partial charge is 0.305 e. The lowest BCUT2D eigenvalue weighted by Gasteiger charge is -2.24. The highest BCUT2D eigenvalue weighted by Crippen LogP contribution is 2.11. The molecule has 1 heterocycles. The molecule has 0 aliphatic heterocycles. The predicted octanol–water partition coefficient (Wildman–Crippen LogP) is 1.08. The van der Waals surface area contributed by atoms with Crippen LogP contribution in [0.15, 0.2) is 22.3 Å². The number of carbonyl (C=O) groups is 3. The van der Waals surface area contributed by atoms with E-state index in [1.807, 2.05) is 0 Å². The third kappa shape index (κ3) is 10.5. The van der Waals surface area contributed by atoms with Gasteiger partial charge in [-0.2, -0.15) is 0 Å². The Morgan fingerprint density at radius 1 is 1.30 bits per heavy atom. The van der Waals surface area contributed by atoms with Gasteiger partial charge in [0.25, 0.3) is 5.56 Å². The van der Waals surface area contributed by atoms with Crippen molar-refractivity contribution >= 4 is 34.9 Å². The van der Waals surface area contributed by atoms with E-state index < -0.39 is 48.4 Å². The second-order valence-corrected chi connectivity index (χ2v) is 8.55. The summed E-state index contributed by atoms with van der Waals surface area (Å²) in [7, 11) is 1.68. The third-order valence-corrected chi connectivity index (χ3v) is 5.55. The lowest BCUT2D eigenvalue weighted by molar-refractivity contribution is -0.140. The number of alkyl halides is 1. The van der Waals surface area contributed by atoms with E-state index in [0.29, 0.717) is 25.8 Å². The molecule has 0 saturated carbocycles. The second kappa shape index (κ2) is 16.1. The van der Waals surface area contributed by atoms with Gasteiger partial charge in [-0.25, -0.2) is 4.98 Å². The first kappa shape index (κ1) is 31.4. The summed E-state index contributed by atoms with van der Waals surface area (Å²) in [6.45, 7) is 2.90. The lowest BCUT2D eigenvalue weighted by Crippen LogP contribution is -2.49. The molecule has 206 valence electrons. The number of likely N-dealkylation sites (N-methyl/N-ethyl adjacent to an activating group) is 1. The van der Waals surface area contributed by atoms with Crippen LogP contribution in [0.4, 0.5) is 10.2 Å². The highest BCUT2D eigenvalue weighted by atomic mass is 19.1. The zero-order valence-electron chi connectivity index (χ0n) is 21.4. The van der Waals surface area contributed by atoms with Gasteiger partial charge in [-0.1, -0.05) is 12.1 Å². The summed E-state index contributed by atoms with van der Waals surface area (Å²) in [6.07, 6.45) is 3.88. The van der Waals surface area contributed by atoms with Gasteiger partial charge in [0, 0.05) is 12.4 Å². The van der Waals surface area contributed by atoms with Crippen molar-refractivity contribution < 1.29 is 29.1 Å². The molecule has 1 aromatic heterocycles. The summed E-state index contributed by atoms with van der Waals surface area (Å²) in [4.78, 5) is 55.8. The molecule has 5 N–H and O–H groups in total. The molecule has 1 aromatic rings. The topological polar surface area (TPSA) is 190 Å². The first-order valence-corrected chi connectivity index (χ1v) is 11.9. The maximum Gasteiger partial charge on any atom is 0.305 e. The molecule has 13 nitrogen and oxygen atoms in total. The molecule has 1 amide bonds. The van der Waals surface area contributed by atoms with Crippen LogP contribution in [0.1, 0.15) is 52.0 Å². The van der Waals surface area contributed by atoms with Crippen molar-refractivity contribution in [2.45, 2.75) is 58.0 Å². The Balaban J connectivity index is 3.00. The maximum atomic E-state index is 13.1. The molecule has 0 spiro atoms. The molecule has 0 aliphatic carbocycles.